The standard InChI is InChI=1S/C14H28N2/c1-3-4-5-6-9-12-16(2)13-14-10-7-8-11-15-14/h3,14-15H,1,4-13H2,2H3. The molecule has 2 nitrogen and oxygen atoms in total. The maximum Gasteiger partial charge on any atom is 0.0194 e. The molecular formula is C14H28N2. The highest BCUT2D eigenvalue weighted by molar-refractivity contribution is 4.75. The van der Waals surface area contributed by atoms with Crippen molar-refractivity contribution in [1.29, 1.82) is 0 Å². The molecule has 1 rings (SSSR count). The van der Waals surface area contributed by atoms with Crippen molar-refractivity contribution in [3.63, 3.8) is 0 Å². The largest absolute Gasteiger partial charge is 0.313 e. The van der Waals surface area contributed by atoms with E-state index in [1.807, 2.05) is 6.08 Å². The molecule has 1 fully saturated rings. The van der Waals surface area contributed by atoms with Gasteiger partial charge in [-0.3, -0.25) is 0 Å². The van der Waals surface area contributed by atoms with E-state index in [1.54, 1.807) is 0 Å². The summed E-state index contributed by atoms with van der Waals surface area (Å²) in [7, 11) is 2.25. The fourth-order valence-electron chi connectivity index (χ4n) is 2.39. The van der Waals surface area contributed by atoms with Crippen LogP contribution in [-0.4, -0.2) is 37.6 Å². The molecule has 2 heteroatoms. The molecule has 0 radical (unpaired) electrons. The number of hydrogen-bond acceptors (Lipinski definition) is 2. The van der Waals surface area contributed by atoms with Gasteiger partial charge < -0.3 is 10.2 Å². The van der Waals surface area contributed by atoms with E-state index in [4.69, 9.17) is 0 Å². The lowest BCUT2D eigenvalue weighted by atomic mass is 10.0. The molecule has 0 aliphatic carbocycles. The van der Waals surface area contributed by atoms with Gasteiger partial charge in [-0.05, 0) is 52.2 Å². The van der Waals surface area contributed by atoms with Crippen LogP contribution in [0.5, 0.6) is 0 Å². The average molecular weight is 224 g/mol. The van der Waals surface area contributed by atoms with Gasteiger partial charge in [0.2, 0.25) is 0 Å². The first-order valence-corrected chi connectivity index (χ1v) is 6.85. The number of rotatable bonds is 8. The summed E-state index contributed by atoms with van der Waals surface area (Å²) >= 11 is 0. The van der Waals surface area contributed by atoms with Crippen molar-refractivity contribution in [2.45, 2.75) is 51.0 Å². The molecule has 1 N–H and O–H groups in total. The predicted octanol–water partition coefficient (Wildman–Crippen LogP) is 2.81. The molecular weight excluding hydrogens is 196 g/mol. The SMILES string of the molecule is C=CCCCCCN(C)CC1CCCCN1. The van der Waals surface area contributed by atoms with Gasteiger partial charge in [0, 0.05) is 12.6 Å². The number of likely N-dealkylation sites (N-methyl/N-ethyl adjacent to an activating group) is 1. The Bertz CT molecular complexity index is 174. The molecule has 16 heavy (non-hydrogen) atoms. The minimum Gasteiger partial charge on any atom is -0.313 e. The molecule has 0 bridgehead atoms. The zero-order valence-electron chi connectivity index (χ0n) is 10.9. The van der Waals surface area contributed by atoms with Crippen molar-refractivity contribution in [1.82, 2.24) is 10.2 Å². The molecule has 1 aliphatic rings. The molecule has 1 unspecified atom stereocenters. The lowest BCUT2D eigenvalue weighted by Gasteiger charge is -2.28. The van der Waals surface area contributed by atoms with E-state index in [-0.39, 0.29) is 0 Å². The van der Waals surface area contributed by atoms with Crippen LogP contribution < -0.4 is 5.32 Å². The van der Waals surface area contributed by atoms with Gasteiger partial charge in [0.25, 0.3) is 0 Å². The Kier molecular flexibility index (Phi) is 7.52. The first-order valence-electron chi connectivity index (χ1n) is 6.85. The summed E-state index contributed by atoms with van der Waals surface area (Å²) in [6.07, 6.45) is 11.3. The normalized spacial score (nSPS) is 21.2. The van der Waals surface area contributed by atoms with Crippen LogP contribution in [0.25, 0.3) is 0 Å². The Hall–Kier alpha value is -0.340. The Morgan fingerprint density at radius 2 is 2.19 bits per heavy atom. The van der Waals surface area contributed by atoms with Crippen molar-refractivity contribution in [3.8, 4) is 0 Å². The number of nitrogens with zero attached hydrogens (tertiary/aromatic N) is 1. The fourth-order valence-corrected chi connectivity index (χ4v) is 2.39. The third-order valence-electron chi connectivity index (χ3n) is 3.39. The van der Waals surface area contributed by atoms with Crippen LogP contribution in [-0.2, 0) is 0 Å². The molecule has 0 spiro atoms. The highest BCUT2D eigenvalue weighted by atomic mass is 15.1. The van der Waals surface area contributed by atoms with Crippen molar-refractivity contribution >= 4 is 0 Å². The summed E-state index contributed by atoms with van der Waals surface area (Å²) in [6.45, 7) is 7.44. The molecule has 0 amide bonds. The van der Waals surface area contributed by atoms with Crippen molar-refractivity contribution in [2.24, 2.45) is 0 Å². The number of allylic oxidation sites excluding steroid dienone is 1. The quantitative estimate of drug-likeness (QED) is 0.504. The van der Waals surface area contributed by atoms with Gasteiger partial charge in [-0.25, -0.2) is 0 Å². The summed E-state index contributed by atoms with van der Waals surface area (Å²) < 4.78 is 0. The summed E-state index contributed by atoms with van der Waals surface area (Å²) in [4.78, 5) is 2.48. The molecule has 1 aliphatic heterocycles. The lowest BCUT2D eigenvalue weighted by Crippen LogP contribution is -2.42. The van der Waals surface area contributed by atoms with Crippen molar-refractivity contribution in [2.75, 3.05) is 26.7 Å². The van der Waals surface area contributed by atoms with E-state index >= 15 is 0 Å². The molecule has 0 aromatic heterocycles. The minimum absolute atomic E-state index is 0.743. The zero-order valence-corrected chi connectivity index (χ0v) is 10.9. The molecule has 1 atom stereocenters. The van der Waals surface area contributed by atoms with Crippen LogP contribution in [0.4, 0.5) is 0 Å². The molecule has 1 heterocycles. The van der Waals surface area contributed by atoms with E-state index in [0.29, 0.717) is 0 Å². The summed E-state index contributed by atoms with van der Waals surface area (Å²) in [5.74, 6) is 0. The molecule has 0 aromatic rings. The maximum atomic E-state index is 3.75. The van der Waals surface area contributed by atoms with Crippen LogP contribution in [0.2, 0.25) is 0 Å². The van der Waals surface area contributed by atoms with E-state index in [1.165, 1.54) is 64.6 Å². The smallest absolute Gasteiger partial charge is 0.0194 e. The number of hydrogen-bond donors (Lipinski definition) is 1. The topological polar surface area (TPSA) is 15.3 Å². The monoisotopic (exact) mass is 224 g/mol. The van der Waals surface area contributed by atoms with Gasteiger partial charge in [0.05, 0.1) is 0 Å². The first kappa shape index (κ1) is 13.7. The Labute approximate surface area is 101 Å². The third kappa shape index (κ3) is 6.29. The second-order valence-electron chi connectivity index (χ2n) is 5.05. The fraction of sp³-hybridized carbons (Fsp3) is 0.857. The highest BCUT2D eigenvalue weighted by Gasteiger charge is 2.13. The first-order chi connectivity index (χ1) is 7.83. The zero-order chi connectivity index (χ0) is 11.6. The van der Waals surface area contributed by atoms with Gasteiger partial charge >= 0.3 is 0 Å². The second kappa shape index (κ2) is 8.77. The summed E-state index contributed by atoms with van der Waals surface area (Å²) in [5, 5.41) is 3.61. The van der Waals surface area contributed by atoms with Crippen molar-refractivity contribution in [3.05, 3.63) is 12.7 Å². The summed E-state index contributed by atoms with van der Waals surface area (Å²) in [5.41, 5.74) is 0. The van der Waals surface area contributed by atoms with Crippen LogP contribution >= 0.6 is 0 Å². The Balaban J connectivity index is 1.96. The van der Waals surface area contributed by atoms with E-state index in [0.717, 1.165) is 6.04 Å². The average Bonchev–Trinajstić information content (AvgIpc) is 2.30. The summed E-state index contributed by atoms with van der Waals surface area (Å²) in [6, 6.07) is 0.743. The number of nitrogens with one attached hydrogen (secondary N) is 1. The van der Waals surface area contributed by atoms with Crippen molar-refractivity contribution < 1.29 is 0 Å². The number of piperidine rings is 1. The molecule has 94 valence electrons. The lowest BCUT2D eigenvalue weighted by molar-refractivity contribution is 0.258. The molecule has 0 aromatic carbocycles. The van der Waals surface area contributed by atoms with Gasteiger partial charge in [0.15, 0.2) is 0 Å². The predicted molar refractivity (Wildman–Crippen MR) is 71.8 cm³/mol. The molecule has 0 saturated carbocycles. The maximum absolute atomic E-state index is 3.75. The number of unbranched alkanes of at least 4 members (excludes halogenated alkanes) is 3. The minimum atomic E-state index is 0.743. The third-order valence-corrected chi connectivity index (χ3v) is 3.39. The van der Waals surface area contributed by atoms with Crippen LogP contribution in [0.3, 0.4) is 0 Å². The van der Waals surface area contributed by atoms with E-state index in [2.05, 4.69) is 23.8 Å². The van der Waals surface area contributed by atoms with Crippen LogP contribution in [0.1, 0.15) is 44.9 Å². The van der Waals surface area contributed by atoms with Crippen LogP contribution in [0, 0.1) is 0 Å². The van der Waals surface area contributed by atoms with Gasteiger partial charge in [0.1, 0.15) is 0 Å². The van der Waals surface area contributed by atoms with E-state index < -0.39 is 0 Å². The Morgan fingerprint density at radius 3 is 2.88 bits per heavy atom. The Morgan fingerprint density at radius 1 is 1.31 bits per heavy atom. The van der Waals surface area contributed by atoms with Gasteiger partial charge in [-0.2, -0.15) is 0 Å². The highest BCUT2D eigenvalue weighted by Crippen LogP contribution is 2.08. The van der Waals surface area contributed by atoms with E-state index in [9.17, 15) is 0 Å². The van der Waals surface area contributed by atoms with Gasteiger partial charge in [-0.15, -0.1) is 6.58 Å². The van der Waals surface area contributed by atoms with Gasteiger partial charge in [-0.1, -0.05) is 18.9 Å². The molecule has 1 saturated heterocycles. The van der Waals surface area contributed by atoms with Crippen LogP contribution in [0.15, 0.2) is 12.7 Å². The second-order valence-corrected chi connectivity index (χ2v) is 5.05.